The van der Waals surface area contributed by atoms with Crippen molar-refractivity contribution in [3.63, 3.8) is 0 Å². The van der Waals surface area contributed by atoms with Gasteiger partial charge in [-0.05, 0) is 53.1 Å². The summed E-state index contributed by atoms with van der Waals surface area (Å²) in [6.07, 6.45) is 2.29. The summed E-state index contributed by atoms with van der Waals surface area (Å²) in [5.41, 5.74) is 6.17. The van der Waals surface area contributed by atoms with Crippen molar-refractivity contribution in [2.75, 3.05) is 0 Å². The van der Waals surface area contributed by atoms with Crippen LogP contribution in [0.25, 0.3) is 0 Å². The number of carbonyl (C=O) groups is 1. The van der Waals surface area contributed by atoms with Crippen molar-refractivity contribution in [3.05, 3.63) is 106 Å². The van der Waals surface area contributed by atoms with Gasteiger partial charge in [-0.25, -0.2) is 4.79 Å². The highest BCUT2D eigenvalue weighted by atomic mass is 16.4. The number of hydrogen-bond acceptors (Lipinski definition) is 1. The second-order valence-electron chi connectivity index (χ2n) is 6.21. The van der Waals surface area contributed by atoms with E-state index in [9.17, 15) is 9.90 Å². The average Bonchev–Trinajstić information content (AvgIpc) is 2.64. The van der Waals surface area contributed by atoms with E-state index in [0.29, 0.717) is 12.0 Å². The molecule has 0 radical (unpaired) electrons. The van der Waals surface area contributed by atoms with Crippen molar-refractivity contribution in [2.45, 2.75) is 26.2 Å². The van der Waals surface area contributed by atoms with Crippen molar-refractivity contribution in [3.8, 4) is 0 Å². The molecule has 0 saturated heterocycles. The third-order valence-corrected chi connectivity index (χ3v) is 4.57. The fourth-order valence-electron chi connectivity index (χ4n) is 3.35. The van der Waals surface area contributed by atoms with Crippen molar-refractivity contribution < 1.29 is 9.90 Å². The maximum atomic E-state index is 11.7. The SMILES string of the molecule is CCc1c(C(=O)O)ccc(Cc2ccccc2)c1Cc1ccccc1. The van der Waals surface area contributed by atoms with E-state index in [4.69, 9.17) is 0 Å². The monoisotopic (exact) mass is 330 g/mol. The maximum absolute atomic E-state index is 11.7. The Morgan fingerprint density at radius 2 is 1.32 bits per heavy atom. The summed E-state index contributed by atoms with van der Waals surface area (Å²) in [6.45, 7) is 2.03. The van der Waals surface area contributed by atoms with E-state index in [1.165, 1.54) is 16.7 Å². The molecular formula is C23H22O2. The van der Waals surface area contributed by atoms with E-state index in [1.807, 2.05) is 49.4 Å². The molecule has 0 atom stereocenters. The Morgan fingerprint density at radius 1 is 0.760 bits per heavy atom. The zero-order valence-corrected chi connectivity index (χ0v) is 14.4. The minimum Gasteiger partial charge on any atom is -0.478 e. The van der Waals surface area contributed by atoms with Gasteiger partial charge in [0.1, 0.15) is 0 Å². The van der Waals surface area contributed by atoms with Crippen LogP contribution < -0.4 is 0 Å². The molecule has 0 unspecified atom stereocenters. The zero-order valence-electron chi connectivity index (χ0n) is 14.4. The predicted octanol–water partition coefficient (Wildman–Crippen LogP) is 5.13. The summed E-state index contributed by atoms with van der Waals surface area (Å²) < 4.78 is 0. The standard InChI is InChI=1S/C23H22O2/c1-2-20-21(23(24)25)14-13-19(15-17-9-5-3-6-10-17)22(20)16-18-11-7-4-8-12-18/h3-14H,2,15-16H2,1H3,(H,24,25). The summed E-state index contributed by atoms with van der Waals surface area (Å²) in [5, 5.41) is 9.57. The lowest BCUT2D eigenvalue weighted by Crippen LogP contribution is -2.09. The first-order valence-electron chi connectivity index (χ1n) is 8.63. The van der Waals surface area contributed by atoms with E-state index in [0.717, 1.165) is 24.0 Å². The van der Waals surface area contributed by atoms with E-state index in [2.05, 4.69) is 24.3 Å². The maximum Gasteiger partial charge on any atom is 0.335 e. The third kappa shape index (κ3) is 3.97. The van der Waals surface area contributed by atoms with Gasteiger partial charge in [0.15, 0.2) is 0 Å². The van der Waals surface area contributed by atoms with E-state index < -0.39 is 5.97 Å². The summed E-state index contributed by atoms with van der Waals surface area (Å²) in [5.74, 6) is -0.850. The molecule has 0 spiro atoms. The molecule has 0 bridgehead atoms. The van der Waals surface area contributed by atoms with Crippen LogP contribution in [0.5, 0.6) is 0 Å². The van der Waals surface area contributed by atoms with Gasteiger partial charge in [0.2, 0.25) is 0 Å². The number of rotatable bonds is 6. The molecule has 25 heavy (non-hydrogen) atoms. The van der Waals surface area contributed by atoms with Crippen molar-refractivity contribution >= 4 is 5.97 Å². The van der Waals surface area contributed by atoms with E-state index >= 15 is 0 Å². The highest BCUT2D eigenvalue weighted by Crippen LogP contribution is 2.26. The molecule has 1 N–H and O–H groups in total. The summed E-state index contributed by atoms with van der Waals surface area (Å²) in [4.78, 5) is 11.7. The number of hydrogen-bond donors (Lipinski definition) is 1. The van der Waals surface area contributed by atoms with Crippen molar-refractivity contribution in [1.29, 1.82) is 0 Å². The van der Waals surface area contributed by atoms with Crippen LogP contribution in [0, 0.1) is 0 Å². The molecule has 0 aromatic heterocycles. The van der Waals surface area contributed by atoms with Crippen LogP contribution in [0.1, 0.15) is 45.1 Å². The topological polar surface area (TPSA) is 37.3 Å². The van der Waals surface area contributed by atoms with Gasteiger partial charge < -0.3 is 5.11 Å². The molecule has 0 heterocycles. The minimum atomic E-state index is -0.850. The second kappa shape index (κ2) is 7.80. The molecular weight excluding hydrogens is 308 g/mol. The van der Waals surface area contributed by atoms with Crippen LogP contribution in [0.15, 0.2) is 72.8 Å². The molecule has 3 aromatic rings. The lowest BCUT2D eigenvalue weighted by atomic mass is 9.87. The van der Waals surface area contributed by atoms with Crippen molar-refractivity contribution in [1.82, 2.24) is 0 Å². The van der Waals surface area contributed by atoms with E-state index in [1.54, 1.807) is 6.07 Å². The molecule has 126 valence electrons. The first-order chi connectivity index (χ1) is 12.2. The van der Waals surface area contributed by atoms with Crippen LogP contribution in [0.2, 0.25) is 0 Å². The molecule has 0 saturated carbocycles. The normalized spacial score (nSPS) is 10.6. The number of carboxylic acid groups (broad SMARTS) is 1. The zero-order chi connectivity index (χ0) is 17.6. The highest BCUT2D eigenvalue weighted by Gasteiger charge is 2.17. The molecule has 0 aliphatic heterocycles. The first-order valence-corrected chi connectivity index (χ1v) is 8.63. The molecule has 0 aliphatic rings. The van der Waals surface area contributed by atoms with Gasteiger partial charge >= 0.3 is 5.97 Å². The molecule has 0 fully saturated rings. The Kier molecular flexibility index (Phi) is 5.30. The Hall–Kier alpha value is -2.87. The Morgan fingerprint density at radius 3 is 1.84 bits per heavy atom. The van der Waals surface area contributed by atoms with Gasteiger partial charge in [0.25, 0.3) is 0 Å². The van der Waals surface area contributed by atoms with Gasteiger partial charge in [-0.1, -0.05) is 73.7 Å². The van der Waals surface area contributed by atoms with Crippen molar-refractivity contribution in [2.24, 2.45) is 0 Å². The fourth-order valence-corrected chi connectivity index (χ4v) is 3.35. The lowest BCUT2D eigenvalue weighted by Gasteiger charge is -2.17. The van der Waals surface area contributed by atoms with Gasteiger partial charge in [-0.15, -0.1) is 0 Å². The third-order valence-electron chi connectivity index (χ3n) is 4.57. The minimum absolute atomic E-state index is 0.422. The quantitative estimate of drug-likeness (QED) is 0.680. The largest absolute Gasteiger partial charge is 0.478 e. The summed E-state index contributed by atoms with van der Waals surface area (Å²) in [7, 11) is 0. The highest BCUT2D eigenvalue weighted by molar-refractivity contribution is 5.90. The second-order valence-corrected chi connectivity index (χ2v) is 6.21. The van der Waals surface area contributed by atoms with Crippen LogP contribution in [0.3, 0.4) is 0 Å². The lowest BCUT2D eigenvalue weighted by molar-refractivity contribution is 0.0695. The van der Waals surface area contributed by atoms with Gasteiger partial charge in [0, 0.05) is 0 Å². The van der Waals surface area contributed by atoms with Gasteiger partial charge in [-0.2, -0.15) is 0 Å². The summed E-state index contributed by atoms with van der Waals surface area (Å²) >= 11 is 0. The average molecular weight is 330 g/mol. The van der Waals surface area contributed by atoms with Crippen LogP contribution in [-0.2, 0) is 19.3 Å². The van der Waals surface area contributed by atoms with Gasteiger partial charge in [-0.3, -0.25) is 0 Å². The molecule has 0 aliphatic carbocycles. The molecule has 3 rings (SSSR count). The Bertz CT molecular complexity index is 852. The fraction of sp³-hybridized carbons (Fsp3) is 0.174. The Labute approximate surface area is 148 Å². The first kappa shape index (κ1) is 17.0. The van der Waals surface area contributed by atoms with Crippen LogP contribution >= 0.6 is 0 Å². The smallest absolute Gasteiger partial charge is 0.335 e. The Balaban J connectivity index is 2.08. The molecule has 2 heteroatoms. The molecule has 2 nitrogen and oxygen atoms in total. The van der Waals surface area contributed by atoms with Gasteiger partial charge in [0.05, 0.1) is 5.56 Å². The number of aromatic carboxylic acids is 1. The van der Waals surface area contributed by atoms with Crippen LogP contribution in [0.4, 0.5) is 0 Å². The number of carboxylic acids is 1. The number of benzene rings is 3. The molecule has 0 amide bonds. The summed E-state index contributed by atoms with van der Waals surface area (Å²) in [6, 6.07) is 24.3. The molecule has 3 aromatic carbocycles. The van der Waals surface area contributed by atoms with Crippen LogP contribution in [-0.4, -0.2) is 11.1 Å². The predicted molar refractivity (Wildman–Crippen MR) is 101 cm³/mol. The van der Waals surface area contributed by atoms with E-state index in [-0.39, 0.29) is 0 Å².